The third-order valence-electron chi connectivity index (χ3n) is 3.99. The Morgan fingerprint density at radius 2 is 2.25 bits per heavy atom. The standard InChI is InChI=1S/C12H13N5O2S/c18-11(16-5-12(19,6-16)8-1-2-8)10-9(3-4-20-10)17-7-13-14-15-17/h3-4,7-8,19H,1-2,5-6H2. The van der Waals surface area contributed by atoms with Gasteiger partial charge in [0.2, 0.25) is 0 Å². The first-order valence-electron chi connectivity index (χ1n) is 6.50. The van der Waals surface area contributed by atoms with E-state index < -0.39 is 5.60 Å². The van der Waals surface area contributed by atoms with Crippen molar-refractivity contribution in [2.75, 3.05) is 13.1 Å². The second kappa shape index (κ2) is 4.10. The van der Waals surface area contributed by atoms with Crippen LogP contribution >= 0.6 is 11.3 Å². The van der Waals surface area contributed by atoms with Gasteiger partial charge in [-0.2, -0.15) is 4.68 Å². The van der Waals surface area contributed by atoms with Crippen molar-refractivity contribution in [2.45, 2.75) is 18.4 Å². The SMILES string of the molecule is O=C(c1sccc1-n1cnnn1)N1CC(O)(C2CC2)C1. The summed E-state index contributed by atoms with van der Waals surface area (Å²) < 4.78 is 1.48. The molecule has 1 N–H and O–H groups in total. The molecule has 4 rings (SSSR count). The van der Waals surface area contributed by atoms with E-state index in [1.165, 1.54) is 22.3 Å². The zero-order valence-electron chi connectivity index (χ0n) is 10.6. The molecule has 0 aromatic carbocycles. The fourth-order valence-electron chi connectivity index (χ4n) is 2.70. The monoisotopic (exact) mass is 291 g/mol. The summed E-state index contributed by atoms with van der Waals surface area (Å²) in [6.45, 7) is 0.868. The highest BCUT2D eigenvalue weighted by atomic mass is 32.1. The van der Waals surface area contributed by atoms with E-state index in [1.54, 1.807) is 4.90 Å². The first-order chi connectivity index (χ1) is 9.67. The van der Waals surface area contributed by atoms with Gasteiger partial charge in [0.05, 0.1) is 18.8 Å². The van der Waals surface area contributed by atoms with Crippen molar-refractivity contribution in [1.29, 1.82) is 0 Å². The lowest BCUT2D eigenvalue weighted by Crippen LogP contribution is -2.64. The zero-order chi connectivity index (χ0) is 13.7. The molecule has 1 aliphatic carbocycles. The molecular weight excluding hydrogens is 278 g/mol. The lowest BCUT2D eigenvalue weighted by Gasteiger charge is -2.46. The van der Waals surface area contributed by atoms with Gasteiger partial charge in [0.25, 0.3) is 5.91 Å². The topological polar surface area (TPSA) is 84.1 Å². The number of nitrogens with zero attached hydrogens (tertiary/aromatic N) is 5. The maximum absolute atomic E-state index is 12.5. The molecule has 2 aromatic rings. The Balaban J connectivity index is 1.54. The van der Waals surface area contributed by atoms with Crippen molar-refractivity contribution in [3.8, 4) is 5.69 Å². The smallest absolute Gasteiger partial charge is 0.266 e. The summed E-state index contributed by atoms with van der Waals surface area (Å²) in [5.41, 5.74) is 0.0360. The van der Waals surface area contributed by atoms with Gasteiger partial charge in [-0.3, -0.25) is 4.79 Å². The molecule has 1 saturated heterocycles. The van der Waals surface area contributed by atoms with Crippen LogP contribution in [0, 0.1) is 5.92 Å². The van der Waals surface area contributed by atoms with E-state index in [0.29, 0.717) is 29.6 Å². The second-order valence-corrected chi connectivity index (χ2v) is 6.34. The van der Waals surface area contributed by atoms with Gasteiger partial charge in [-0.05, 0) is 40.6 Å². The third-order valence-corrected chi connectivity index (χ3v) is 4.88. The molecule has 0 unspecified atom stereocenters. The highest BCUT2D eigenvalue weighted by molar-refractivity contribution is 7.12. The Hall–Kier alpha value is -1.80. The fraction of sp³-hybridized carbons (Fsp3) is 0.500. The maximum atomic E-state index is 12.5. The molecule has 2 aliphatic rings. The van der Waals surface area contributed by atoms with Crippen molar-refractivity contribution in [2.24, 2.45) is 5.92 Å². The number of thiophene rings is 1. The van der Waals surface area contributed by atoms with Crippen molar-refractivity contribution < 1.29 is 9.90 Å². The van der Waals surface area contributed by atoms with Crippen LogP contribution in [0.5, 0.6) is 0 Å². The molecule has 0 bridgehead atoms. The number of hydrogen-bond donors (Lipinski definition) is 1. The summed E-state index contributed by atoms with van der Waals surface area (Å²) >= 11 is 1.37. The van der Waals surface area contributed by atoms with Gasteiger partial charge in [0.15, 0.2) is 0 Å². The van der Waals surface area contributed by atoms with Crippen LogP contribution in [-0.2, 0) is 0 Å². The van der Waals surface area contributed by atoms with Crippen molar-refractivity contribution in [1.82, 2.24) is 25.1 Å². The number of amides is 1. The van der Waals surface area contributed by atoms with Crippen LogP contribution in [0.2, 0.25) is 0 Å². The van der Waals surface area contributed by atoms with Gasteiger partial charge in [-0.25, -0.2) is 0 Å². The Bertz CT molecular complexity index is 643. The number of likely N-dealkylation sites (tertiary alicyclic amines) is 1. The van der Waals surface area contributed by atoms with Crippen molar-refractivity contribution >= 4 is 17.2 Å². The van der Waals surface area contributed by atoms with Crippen LogP contribution in [0.1, 0.15) is 22.5 Å². The highest BCUT2D eigenvalue weighted by Crippen LogP contribution is 2.45. The number of carbonyl (C=O) groups excluding carboxylic acids is 1. The number of carbonyl (C=O) groups is 1. The Kier molecular flexibility index (Phi) is 2.45. The number of rotatable bonds is 3. The van der Waals surface area contributed by atoms with Gasteiger partial charge < -0.3 is 10.0 Å². The minimum Gasteiger partial charge on any atom is -0.386 e. The molecular formula is C12H13N5O2S. The number of aromatic nitrogens is 4. The molecule has 3 heterocycles. The number of aliphatic hydroxyl groups is 1. The average molecular weight is 291 g/mol. The fourth-order valence-corrected chi connectivity index (χ4v) is 3.54. The van der Waals surface area contributed by atoms with E-state index in [4.69, 9.17) is 0 Å². The molecule has 0 spiro atoms. The predicted molar refractivity (Wildman–Crippen MR) is 70.6 cm³/mol. The minimum absolute atomic E-state index is 0.0594. The summed E-state index contributed by atoms with van der Waals surface area (Å²) in [6, 6.07) is 1.82. The molecule has 7 nitrogen and oxygen atoms in total. The lowest BCUT2D eigenvalue weighted by molar-refractivity contribution is -0.0956. The average Bonchev–Trinajstić information content (AvgIpc) is 2.92. The summed E-state index contributed by atoms with van der Waals surface area (Å²) in [5, 5.41) is 23.1. The number of β-amino-alcohol motifs (C(OH)–C–C–N with tert-alkyl or cyclic N) is 1. The van der Waals surface area contributed by atoms with Crippen LogP contribution in [0.3, 0.4) is 0 Å². The third kappa shape index (κ3) is 1.75. The Morgan fingerprint density at radius 1 is 1.45 bits per heavy atom. The van der Waals surface area contributed by atoms with Gasteiger partial charge >= 0.3 is 0 Å². The summed E-state index contributed by atoms with van der Waals surface area (Å²) in [6.07, 6.45) is 3.62. The largest absolute Gasteiger partial charge is 0.386 e. The molecule has 2 fully saturated rings. The summed E-state index contributed by atoms with van der Waals surface area (Å²) in [7, 11) is 0. The molecule has 20 heavy (non-hydrogen) atoms. The first kappa shape index (κ1) is 12.0. The normalized spacial score (nSPS) is 20.8. The van der Waals surface area contributed by atoms with Crippen LogP contribution in [0.15, 0.2) is 17.8 Å². The maximum Gasteiger partial charge on any atom is 0.266 e. The van der Waals surface area contributed by atoms with E-state index in [9.17, 15) is 9.90 Å². The Labute approximate surface area is 118 Å². The van der Waals surface area contributed by atoms with Crippen LogP contribution in [0.25, 0.3) is 5.69 Å². The Morgan fingerprint density at radius 3 is 2.90 bits per heavy atom. The molecule has 1 aliphatic heterocycles. The van der Waals surface area contributed by atoms with Crippen LogP contribution in [-0.4, -0.2) is 54.8 Å². The van der Waals surface area contributed by atoms with Crippen molar-refractivity contribution in [3.63, 3.8) is 0 Å². The predicted octanol–water partition coefficient (Wildman–Crippen LogP) is 0.321. The van der Waals surface area contributed by atoms with Gasteiger partial charge in [0, 0.05) is 0 Å². The molecule has 2 aromatic heterocycles. The van der Waals surface area contributed by atoms with Crippen molar-refractivity contribution in [3.05, 3.63) is 22.7 Å². The van der Waals surface area contributed by atoms with Gasteiger partial charge in [-0.15, -0.1) is 16.4 Å². The molecule has 1 saturated carbocycles. The van der Waals surface area contributed by atoms with E-state index in [1.807, 2.05) is 11.4 Å². The second-order valence-electron chi connectivity index (χ2n) is 5.43. The quantitative estimate of drug-likeness (QED) is 0.880. The zero-order valence-corrected chi connectivity index (χ0v) is 11.5. The van der Waals surface area contributed by atoms with Gasteiger partial charge in [0.1, 0.15) is 16.8 Å². The molecule has 104 valence electrons. The molecule has 0 radical (unpaired) electrons. The first-order valence-corrected chi connectivity index (χ1v) is 7.38. The van der Waals surface area contributed by atoms with E-state index >= 15 is 0 Å². The number of hydrogen-bond acceptors (Lipinski definition) is 6. The summed E-state index contributed by atoms with van der Waals surface area (Å²) in [4.78, 5) is 14.8. The molecule has 0 atom stereocenters. The lowest BCUT2D eigenvalue weighted by atomic mass is 9.88. The summed E-state index contributed by atoms with van der Waals surface area (Å²) in [5.74, 6) is 0.324. The van der Waals surface area contributed by atoms with E-state index in [2.05, 4.69) is 15.5 Å². The minimum atomic E-state index is -0.651. The van der Waals surface area contributed by atoms with E-state index in [0.717, 1.165) is 12.8 Å². The molecule has 8 heteroatoms. The highest BCUT2D eigenvalue weighted by Gasteiger charge is 2.53. The van der Waals surface area contributed by atoms with Crippen LogP contribution in [0.4, 0.5) is 0 Å². The number of tetrazole rings is 1. The van der Waals surface area contributed by atoms with Crippen LogP contribution < -0.4 is 0 Å². The van der Waals surface area contributed by atoms with Gasteiger partial charge in [-0.1, -0.05) is 0 Å². The molecule has 1 amide bonds. The van der Waals surface area contributed by atoms with E-state index in [-0.39, 0.29) is 5.91 Å².